The predicted octanol–water partition coefficient (Wildman–Crippen LogP) is 3.43. The Balaban J connectivity index is 2.27. The van der Waals surface area contributed by atoms with Crippen LogP contribution in [0.5, 0.6) is 0 Å². The zero-order valence-electron chi connectivity index (χ0n) is 9.68. The average Bonchev–Trinajstić information content (AvgIpc) is 2.77. The summed E-state index contributed by atoms with van der Waals surface area (Å²) < 4.78 is 13.2. The van der Waals surface area contributed by atoms with Gasteiger partial charge in [0.1, 0.15) is 5.82 Å². The van der Waals surface area contributed by atoms with E-state index in [1.54, 1.807) is 25.1 Å². The molecule has 1 aromatic heterocycles. The third-order valence-corrected chi connectivity index (χ3v) is 3.36. The molecule has 0 saturated carbocycles. The van der Waals surface area contributed by atoms with Gasteiger partial charge in [0.25, 0.3) is 0 Å². The summed E-state index contributed by atoms with van der Waals surface area (Å²) in [6.07, 6.45) is 0. The van der Waals surface area contributed by atoms with Gasteiger partial charge in [-0.05, 0) is 42.1 Å². The largest absolute Gasteiger partial charge is 0.479 e. The van der Waals surface area contributed by atoms with Gasteiger partial charge in [-0.2, -0.15) is 0 Å². The van der Waals surface area contributed by atoms with Crippen LogP contribution in [0.3, 0.4) is 0 Å². The van der Waals surface area contributed by atoms with Crippen molar-refractivity contribution < 1.29 is 14.3 Å². The molecule has 2 rings (SSSR count). The summed E-state index contributed by atoms with van der Waals surface area (Å²) in [5.74, 6) is -1.37. The van der Waals surface area contributed by atoms with E-state index in [2.05, 4.69) is 5.32 Å². The van der Waals surface area contributed by atoms with Crippen LogP contribution >= 0.6 is 11.3 Å². The summed E-state index contributed by atoms with van der Waals surface area (Å²) >= 11 is 1.35. The molecule has 0 radical (unpaired) electrons. The number of hydrogen-bond donors (Lipinski definition) is 2. The van der Waals surface area contributed by atoms with Gasteiger partial charge in [0.05, 0.1) is 0 Å². The zero-order chi connectivity index (χ0) is 13.1. The number of nitrogens with one attached hydrogen (secondary N) is 1. The highest BCUT2D eigenvalue weighted by Crippen LogP contribution is 2.25. The number of aryl methyl sites for hydroxylation is 1. The van der Waals surface area contributed by atoms with Crippen LogP contribution in [0, 0.1) is 12.7 Å². The van der Waals surface area contributed by atoms with Crippen molar-refractivity contribution in [3.05, 3.63) is 52.0 Å². The summed E-state index contributed by atoms with van der Waals surface area (Å²) in [5.41, 5.74) is 1.21. The van der Waals surface area contributed by atoms with Gasteiger partial charge in [-0.15, -0.1) is 11.3 Å². The van der Waals surface area contributed by atoms with E-state index in [-0.39, 0.29) is 5.82 Å². The molecule has 0 spiro atoms. The Labute approximate surface area is 108 Å². The van der Waals surface area contributed by atoms with E-state index >= 15 is 0 Å². The first-order chi connectivity index (χ1) is 8.56. The molecule has 94 valence electrons. The summed E-state index contributed by atoms with van der Waals surface area (Å²) in [4.78, 5) is 11.9. The van der Waals surface area contributed by atoms with Gasteiger partial charge in [0.15, 0.2) is 6.04 Å². The fourth-order valence-electron chi connectivity index (χ4n) is 1.70. The second kappa shape index (κ2) is 5.18. The van der Waals surface area contributed by atoms with Crippen LogP contribution in [0.25, 0.3) is 0 Å². The van der Waals surface area contributed by atoms with E-state index in [4.69, 9.17) is 0 Å². The first-order valence-corrected chi connectivity index (χ1v) is 6.24. The van der Waals surface area contributed by atoms with Crippen molar-refractivity contribution in [2.75, 3.05) is 5.32 Å². The van der Waals surface area contributed by atoms with Crippen molar-refractivity contribution in [3.63, 3.8) is 0 Å². The highest BCUT2D eigenvalue weighted by atomic mass is 32.1. The lowest BCUT2D eigenvalue weighted by Crippen LogP contribution is -2.19. The number of carboxylic acids is 1. The van der Waals surface area contributed by atoms with Crippen molar-refractivity contribution in [1.29, 1.82) is 0 Å². The standard InChI is InChI=1S/C13H12FNO2S/c1-8-5-9(14)7-10(6-8)15-12(13(16)17)11-3-2-4-18-11/h2-7,12,15H,1H3,(H,16,17). The van der Waals surface area contributed by atoms with E-state index in [9.17, 15) is 14.3 Å². The number of carbonyl (C=O) groups is 1. The van der Waals surface area contributed by atoms with E-state index in [0.717, 1.165) is 5.56 Å². The molecule has 2 N–H and O–H groups in total. The fourth-order valence-corrected chi connectivity index (χ4v) is 2.46. The molecule has 0 aliphatic carbocycles. The van der Waals surface area contributed by atoms with E-state index < -0.39 is 12.0 Å². The fraction of sp³-hybridized carbons (Fsp3) is 0.154. The van der Waals surface area contributed by atoms with Crippen LogP contribution in [-0.4, -0.2) is 11.1 Å². The van der Waals surface area contributed by atoms with E-state index in [1.165, 1.54) is 23.5 Å². The van der Waals surface area contributed by atoms with Gasteiger partial charge in [0, 0.05) is 10.6 Å². The number of halogens is 1. The number of rotatable bonds is 4. The Hall–Kier alpha value is -1.88. The topological polar surface area (TPSA) is 49.3 Å². The van der Waals surface area contributed by atoms with Crippen molar-refractivity contribution in [3.8, 4) is 0 Å². The van der Waals surface area contributed by atoms with Gasteiger partial charge in [-0.3, -0.25) is 0 Å². The molecular formula is C13H12FNO2S. The maximum absolute atomic E-state index is 13.2. The summed E-state index contributed by atoms with van der Waals surface area (Å²) in [5, 5.41) is 13.8. The molecule has 1 aromatic carbocycles. The molecule has 0 aliphatic rings. The normalized spacial score (nSPS) is 12.1. The average molecular weight is 265 g/mol. The lowest BCUT2D eigenvalue weighted by molar-refractivity contribution is -0.138. The third kappa shape index (κ3) is 2.87. The van der Waals surface area contributed by atoms with Crippen molar-refractivity contribution >= 4 is 23.0 Å². The number of aliphatic carboxylic acids is 1. The van der Waals surface area contributed by atoms with Crippen molar-refractivity contribution in [2.24, 2.45) is 0 Å². The van der Waals surface area contributed by atoms with Gasteiger partial charge >= 0.3 is 5.97 Å². The number of benzene rings is 1. The Morgan fingerprint density at radius 2 is 2.22 bits per heavy atom. The quantitative estimate of drug-likeness (QED) is 0.890. The van der Waals surface area contributed by atoms with Crippen LogP contribution in [0.1, 0.15) is 16.5 Å². The second-order valence-corrected chi connectivity index (χ2v) is 4.93. The SMILES string of the molecule is Cc1cc(F)cc(NC(C(=O)O)c2cccs2)c1. The molecule has 2 aromatic rings. The smallest absolute Gasteiger partial charge is 0.331 e. The highest BCUT2D eigenvalue weighted by Gasteiger charge is 2.20. The van der Waals surface area contributed by atoms with Crippen LogP contribution in [0.4, 0.5) is 10.1 Å². The maximum Gasteiger partial charge on any atom is 0.331 e. The minimum Gasteiger partial charge on any atom is -0.479 e. The highest BCUT2D eigenvalue weighted by molar-refractivity contribution is 7.10. The Kier molecular flexibility index (Phi) is 3.62. The summed E-state index contributed by atoms with van der Waals surface area (Å²) in [6, 6.07) is 7.07. The molecule has 5 heteroatoms. The second-order valence-electron chi connectivity index (χ2n) is 3.95. The molecule has 0 fully saturated rings. The molecule has 1 atom stereocenters. The van der Waals surface area contributed by atoms with Gasteiger partial charge in [-0.25, -0.2) is 9.18 Å². The van der Waals surface area contributed by atoms with Gasteiger partial charge in [0.2, 0.25) is 0 Å². The number of carboxylic acid groups (broad SMARTS) is 1. The van der Waals surface area contributed by atoms with E-state index in [0.29, 0.717) is 10.6 Å². The molecule has 1 unspecified atom stereocenters. The summed E-state index contributed by atoms with van der Waals surface area (Å²) in [6.45, 7) is 1.76. The lowest BCUT2D eigenvalue weighted by Gasteiger charge is -2.14. The van der Waals surface area contributed by atoms with Crippen molar-refractivity contribution in [1.82, 2.24) is 0 Å². The molecule has 0 amide bonds. The molecule has 0 saturated heterocycles. The Morgan fingerprint density at radius 3 is 2.78 bits per heavy atom. The molecule has 18 heavy (non-hydrogen) atoms. The van der Waals surface area contributed by atoms with Crippen LogP contribution in [0.15, 0.2) is 35.7 Å². The first kappa shape index (κ1) is 12.6. The molecule has 0 bridgehead atoms. The van der Waals surface area contributed by atoms with E-state index in [1.807, 2.05) is 5.38 Å². The zero-order valence-corrected chi connectivity index (χ0v) is 10.5. The molecular weight excluding hydrogens is 253 g/mol. The minimum atomic E-state index is -0.987. The minimum absolute atomic E-state index is 0.382. The number of thiophene rings is 1. The monoisotopic (exact) mass is 265 g/mol. The third-order valence-electron chi connectivity index (χ3n) is 2.43. The number of anilines is 1. The number of hydrogen-bond acceptors (Lipinski definition) is 3. The predicted molar refractivity (Wildman–Crippen MR) is 69.5 cm³/mol. The maximum atomic E-state index is 13.2. The molecule has 0 aliphatic heterocycles. The van der Waals surface area contributed by atoms with Gasteiger partial charge in [-0.1, -0.05) is 6.07 Å². The van der Waals surface area contributed by atoms with Crippen molar-refractivity contribution in [2.45, 2.75) is 13.0 Å². The molecule has 3 nitrogen and oxygen atoms in total. The Morgan fingerprint density at radius 1 is 1.44 bits per heavy atom. The first-order valence-electron chi connectivity index (χ1n) is 5.36. The lowest BCUT2D eigenvalue weighted by atomic mass is 10.2. The Bertz CT molecular complexity index is 534. The van der Waals surface area contributed by atoms with Gasteiger partial charge < -0.3 is 10.4 Å². The van der Waals surface area contributed by atoms with Crippen LogP contribution < -0.4 is 5.32 Å². The summed E-state index contributed by atoms with van der Waals surface area (Å²) in [7, 11) is 0. The molecule has 1 heterocycles. The van der Waals surface area contributed by atoms with Crippen LogP contribution in [0.2, 0.25) is 0 Å². The van der Waals surface area contributed by atoms with Crippen LogP contribution in [-0.2, 0) is 4.79 Å².